The Labute approximate surface area is 178 Å². The van der Waals surface area contributed by atoms with Crippen molar-refractivity contribution in [3.05, 3.63) is 100 Å². The largest absolute Gasteiger partial charge is 0.489 e. The highest BCUT2D eigenvalue weighted by molar-refractivity contribution is 5.98. The number of benzene rings is 3. The first-order valence-corrected chi connectivity index (χ1v) is 9.81. The Bertz CT molecular complexity index is 1250. The van der Waals surface area contributed by atoms with Crippen LogP contribution in [0.2, 0.25) is 0 Å². The van der Waals surface area contributed by atoms with Crippen molar-refractivity contribution in [1.29, 1.82) is 0 Å². The summed E-state index contributed by atoms with van der Waals surface area (Å²) < 4.78 is 12.6. The Morgan fingerprint density at radius 3 is 2.48 bits per heavy atom. The molecule has 0 spiro atoms. The molecule has 1 heterocycles. The quantitative estimate of drug-likeness (QED) is 0.232. The highest BCUT2D eigenvalue weighted by Gasteiger charge is 2.23. The van der Waals surface area contributed by atoms with Gasteiger partial charge in [-0.05, 0) is 42.8 Å². The second kappa shape index (κ2) is 8.71. The van der Waals surface area contributed by atoms with E-state index in [9.17, 15) is 14.9 Å². The lowest BCUT2D eigenvalue weighted by atomic mass is 10.2. The number of nitro groups is 1. The standard InChI is InChI=1S/C24H20N2O5/c1-2-30-24(27)23-15-18-14-19(31-16-17-8-4-3-5-9-17)12-13-20(18)25(23)21-10-6-7-11-22(21)26(28)29/h3-15H,2,16H2,1H3. The molecular formula is C24H20N2O5. The van der Waals surface area contributed by atoms with Crippen LogP contribution in [0, 0.1) is 10.1 Å². The Morgan fingerprint density at radius 1 is 1.00 bits per heavy atom. The maximum Gasteiger partial charge on any atom is 0.355 e. The van der Waals surface area contributed by atoms with Crippen molar-refractivity contribution in [1.82, 2.24) is 4.57 Å². The molecule has 0 atom stereocenters. The summed E-state index contributed by atoms with van der Waals surface area (Å²) in [6.45, 7) is 2.32. The molecule has 0 aliphatic carbocycles. The first kappa shape index (κ1) is 20.2. The maximum absolute atomic E-state index is 12.6. The van der Waals surface area contributed by atoms with Gasteiger partial charge in [-0.1, -0.05) is 42.5 Å². The third-order valence-corrected chi connectivity index (χ3v) is 4.83. The van der Waals surface area contributed by atoms with Crippen LogP contribution in [0.15, 0.2) is 78.9 Å². The van der Waals surface area contributed by atoms with Crippen molar-refractivity contribution in [2.24, 2.45) is 0 Å². The van der Waals surface area contributed by atoms with Crippen LogP contribution >= 0.6 is 0 Å². The molecule has 7 nitrogen and oxygen atoms in total. The summed E-state index contributed by atoms with van der Waals surface area (Å²) in [6, 6.07) is 23.1. The van der Waals surface area contributed by atoms with E-state index in [1.54, 1.807) is 47.9 Å². The molecule has 0 bridgehead atoms. The highest BCUT2D eigenvalue weighted by Crippen LogP contribution is 2.32. The predicted molar refractivity (Wildman–Crippen MR) is 117 cm³/mol. The van der Waals surface area contributed by atoms with Gasteiger partial charge in [0.25, 0.3) is 5.69 Å². The Morgan fingerprint density at radius 2 is 1.74 bits per heavy atom. The smallest absolute Gasteiger partial charge is 0.355 e. The van der Waals surface area contributed by atoms with Crippen molar-refractivity contribution in [3.8, 4) is 11.4 Å². The number of fused-ring (bicyclic) bond motifs is 1. The summed E-state index contributed by atoms with van der Waals surface area (Å²) in [6.07, 6.45) is 0. The van der Waals surface area contributed by atoms with Gasteiger partial charge in [0.05, 0.1) is 17.0 Å². The molecule has 1 aromatic heterocycles. The van der Waals surface area contributed by atoms with E-state index in [-0.39, 0.29) is 18.0 Å². The van der Waals surface area contributed by atoms with Gasteiger partial charge in [-0.3, -0.25) is 14.7 Å². The van der Waals surface area contributed by atoms with E-state index in [0.29, 0.717) is 28.9 Å². The minimum absolute atomic E-state index is 0.102. The monoisotopic (exact) mass is 416 g/mol. The van der Waals surface area contributed by atoms with Gasteiger partial charge in [0.15, 0.2) is 0 Å². The molecular weight excluding hydrogens is 396 g/mol. The molecule has 31 heavy (non-hydrogen) atoms. The topological polar surface area (TPSA) is 83.6 Å². The van der Waals surface area contributed by atoms with Crippen molar-refractivity contribution in [3.63, 3.8) is 0 Å². The minimum Gasteiger partial charge on any atom is -0.489 e. The van der Waals surface area contributed by atoms with Crippen LogP contribution in [0.5, 0.6) is 5.75 Å². The van der Waals surface area contributed by atoms with Crippen molar-refractivity contribution in [2.45, 2.75) is 13.5 Å². The van der Waals surface area contributed by atoms with Crippen molar-refractivity contribution in [2.75, 3.05) is 6.61 Å². The van der Waals surface area contributed by atoms with E-state index in [0.717, 1.165) is 5.56 Å². The molecule has 0 N–H and O–H groups in total. The lowest BCUT2D eigenvalue weighted by Gasteiger charge is -2.11. The SMILES string of the molecule is CCOC(=O)c1cc2cc(OCc3ccccc3)ccc2n1-c1ccccc1[N+](=O)[O-]. The second-order valence-electron chi connectivity index (χ2n) is 6.83. The van der Waals surface area contributed by atoms with Gasteiger partial charge in [-0.25, -0.2) is 4.79 Å². The number of ether oxygens (including phenoxy) is 2. The van der Waals surface area contributed by atoms with Gasteiger partial charge in [0.2, 0.25) is 0 Å². The fourth-order valence-corrected chi connectivity index (χ4v) is 3.45. The molecule has 0 radical (unpaired) electrons. The van der Waals surface area contributed by atoms with Crippen LogP contribution in [0.25, 0.3) is 16.6 Å². The zero-order chi connectivity index (χ0) is 21.8. The van der Waals surface area contributed by atoms with Crippen LogP contribution in [-0.4, -0.2) is 22.1 Å². The average Bonchev–Trinajstić information content (AvgIpc) is 3.17. The van der Waals surface area contributed by atoms with Crippen LogP contribution in [0.3, 0.4) is 0 Å². The molecule has 0 saturated carbocycles. The molecule has 156 valence electrons. The van der Waals surface area contributed by atoms with Crippen molar-refractivity contribution >= 4 is 22.6 Å². The fourth-order valence-electron chi connectivity index (χ4n) is 3.45. The second-order valence-corrected chi connectivity index (χ2v) is 6.83. The predicted octanol–water partition coefficient (Wildman–Crippen LogP) is 5.29. The van der Waals surface area contributed by atoms with Gasteiger partial charge < -0.3 is 9.47 Å². The zero-order valence-electron chi connectivity index (χ0n) is 16.9. The molecule has 4 aromatic rings. The number of para-hydroxylation sites is 2. The lowest BCUT2D eigenvalue weighted by Crippen LogP contribution is -2.12. The Balaban J connectivity index is 1.80. The summed E-state index contributed by atoms with van der Waals surface area (Å²) >= 11 is 0. The zero-order valence-corrected chi connectivity index (χ0v) is 16.9. The van der Waals surface area contributed by atoms with E-state index >= 15 is 0 Å². The third-order valence-electron chi connectivity index (χ3n) is 4.83. The van der Waals surface area contributed by atoms with E-state index in [1.165, 1.54) is 6.07 Å². The molecule has 7 heteroatoms. The summed E-state index contributed by atoms with van der Waals surface area (Å²) in [5.41, 5.74) is 2.08. The summed E-state index contributed by atoms with van der Waals surface area (Å²) in [4.78, 5) is 23.8. The summed E-state index contributed by atoms with van der Waals surface area (Å²) in [7, 11) is 0. The van der Waals surface area contributed by atoms with Crippen molar-refractivity contribution < 1.29 is 19.2 Å². The Hall–Kier alpha value is -4.13. The normalized spacial score (nSPS) is 10.7. The fraction of sp³-hybridized carbons (Fsp3) is 0.125. The summed E-state index contributed by atoms with van der Waals surface area (Å²) in [5, 5.41) is 12.3. The maximum atomic E-state index is 12.6. The number of nitrogens with zero attached hydrogens (tertiary/aromatic N) is 2. The van der Waals surface area contributed by atoms with Gasteiger partial charge in [0, 0.05) is 11.5 Å². The number of hydrogen-bond acceptors (Lipinski definition) is 5. The third kappa shape index (κ3) is 4.11. The molecule has 0 fully saturated rings. The van der Waals surface area contributed by atoms with Crippen LogP contribution in [-0.2, 0) is 11.3 Å². The van der Waals surface area contributed by atoms with E-state index in [1.807, 2.05) is 36.4 Å². The minimum atomic E-state index is -0.552. The van der Waals surface area contributed by atoms with Gasteiger partial charge in [-0.2, -0.15) is 0 Å². The first-order valence-electron chi connectivity index (χ1n) is 9.81. The summed E-state index contributed by atoms with van der Waals surface area (Å²) in [5.74, 6) is 0.0788. The number of aromatic nitrogens is 1. The number of carbonyl (C=O) groups is 1. The van der Waals surface area contributed by atoms with Crippen LogP contribution in [0.4, 0.5) is 5.69 Å². The number of rotatable bonds is 7. The number of esters is 1. The molecule has 0 aliphatic heterocycles. The molecule has 0 aliphatic rings. The average molecular weight is 416 g/mol. The number of hydrogen-bond donors (Lipinski definition) is 0. The van der Waals surface area contributed by atoms with E-state index in [4.69, 9.17) is 9.47 Å². The number of carbonyl (C=O) groups excluding carboxylic acids is 1. The Kier molecular flexibility index (Phi) is 5.66. The van der Waals surface area contributed by atoms with Crippen LogP contribution in [0.1, 0.15) is 23.0 Å². The highest BCUT2D eigenvalue weighted by atomic mass is 16.6. The molecule has 0 saturated heterocycles. The molecule has 0 amide bonds. The van der Waals surface area contributed by atoms with Crippen LogP contribution < -0.4 is 4.74 Å². The molecule has 3 aromatic carbocycles. The molecule has 0 unspecified atom stereocenters. The van der Waals surface area contributed by atoms with E-state index in [2.05, 4.69) is 0 Å². The van der Waals surface area contributed by atoms with E-state index < -0.39 is 10.9 Å². The number of nitro benzene ring substituents is 1. The van der Waals surface area contributed by atoms with Gasteiger partial charge in [-0.15, -0.1) is 0 Å². The molecule has 4 rings (SSSR count). The van der Waals surface area contributed by atoms with Gasteiger partial charge in [0.1, 0.15) is 23.7 Å². The van der Waals surface area contributed by atoms with Gasteiger partial charge >= 0.3 is 5.97 Å². The first-order chi connectivity index (χ1) is 15.1. The lowest BCUT2D eigenvalue weighted by molar-refractivity contribution is -0.384.